The Kier molecular flexibility index (Phi) is 2.63. The van der Waals surface area contributed by atoms with Gasteiger partial charge in [-0.25, -0.2) is 9.80 Å². The Balaban J connectivity index is 1.40. The first-order valence-electron chi connectivity index (χ1n) is 8.15. The summed E-state index contributed by atoms with van der Waals surface area (Å²) in [6.07, 6.45) is 1.15. The molecule has 0 spiro atoms. The Bertz CT molecular complexity index is 716. The molecule has 118 valence electrons. The van der Waals surface area contributed by atoms with Crippen LogP contribution in [0, 0.1) is 11.8 Å². The Hall–Kier alpha value is -2.31. The molecular formula is C16H17N5O2. The van der Waals surface area contributed by atoms with Crippen molar-refractivity contribution in [3.63, 3.8) is 0 Å². The number of hydrogen-bond acceptors (Lipinski definition) is 7. The topological polar surface area (TPSA) is 79.0 Å². The highest BCUT2D eigenvalue weighted by molar-refractivity contribution is 5.89. The molecule has 23 heavy (non-hydrogen) atoms. The lowest BCUT2D eigenvalue weighted by Gasteiger charge is -2.38. The summed E-state index contributed by atoms with van der Waals surface area (Å²) in [6, 6.07) is 8.68. The number of ether oxygens (including phenoxy) is 1. The number of hydrogen-bond donors (Lipinski definition) is 0. The van der Waals surface area contributed by atoms with Crippen LogP contribution in [0.3, 0.4) is 0 Å². The molecule has 5 rings (SSSR count). The van der Waals surface area contributed by atoms with Crippen molar-refractivity contribution < 1.29 is 9.53 Å². The third-order valence-electron chi connectivity index (χ3n) is 5.54. The summed E-state index contributed by atoms with van der Waals surface area (Å²) in [5, 5.41) is 19.5. The number of anilines is 1. The summed E-state index contributed by atoms with van der Waals surface area (Å²) >= 11 is 0. The van der Waals surface area contributed by atoms with Gasteiger partial charge in [0, 0.05) is 11.8 Å². The third-order valence-corrected chi connectivity index (χ3v) is 5.54. The highest BCUT2D eigenvalue weighted by atomic mass is 16.5. The number of rotatable bonds is 3. The molecule has 2 bridgehead atoms. The molecule has 1 aromatic rings. The van der Waals surface area contributed by atoms with Gasteiger partial charge in [0.2, 0.25) is 0 Å². The van der Waals surface area contributed by atoms with E-state index in [-0.39, 0.29) is 18.1 Å². The van der Waals surface area contributed by atoms with E-state index in [1.54, 1.807) is 19.1 Å². The van der Waals surface area contributed by atoms with Gasteiger partial charge < -0.3 is 4.74 Å². The molecule has 2 saturated carbocycles. The van der Waals surface area contributed by atoms with E-state index in [9.17, 15) is 4.79 Å². The van der Waals surface area contributed by atoms with Crippen molar-refractivity contribution in [3.8, 4) is 0 Å². The summed E-state index contributed by atoms with van der Waals surface area (Å²) in [5.41, 5.74) is 1.53. The molecule has 6 atom stereocenters. The second-order valence-electron chi connectivity index (χ2n) is 6.57. The fourth-order valence-electron chi connectivity index (χ4n) is 4.52. The van der Waals surface area contributed by atoms with Crippen LogP contribution in [-0.4, -0.2) is 36.7 Å². The molecule has 2 heterocycles. The van der Waals surface area contributed by atoms with Crippen LogP contribution in [0.4, 0.5) is 5.69 Å². The lowest BCUT2D eigenvalue weighted by molar-refractivity contribution is 0.0526. The standard InChI is InChI=1S/C16H17N5O2/c1-2-23-16(22)8-3-5-9(6-4-8)21-15-11-7-10(14(15)19-20-21)12-13(11)18-17-12/h3-6,10-15H,2,7H2,1H3/t10-,11+,12+,13-,14-,15+/m0/s1. The summed E-state index contributed by atoms with van der Waals surface area (Å²) in [5.74, 6) is 0.699. The average molecular weight is 311 g/mol. The predicted molar refractivity (Wildman–Crippen MR) is 81.3 cm³/mol. The Morgan fingerprint density at radius 2 is 1.87 bits per heavy atom. The minimum atomic E-state index is -0.294. The van der Waals surface area contributed by atoms with Gasteiger partial charge in [-0.1, -0.05) is 5.22 Å². The molecule has 7 nitrogen and oxygen atoms in total. The van der Waals surface area contributed by atoms with E-state index >= 15 is 0 Å². The first-order valence-corrected chi connectivity index (χ1v) is 8.15. The quantitative estimate of drug-likeness (QED) is 0.805. The second-order valence-corrected chi connectivity index (χ2v) is 6.57. The van der Waals surface area contributed by atoms with Crippen LogP contribution in [-0.2, 0) is 4.74 Å². The minimum absolute atomic E-state index is 0.241. The van der Waals surface area contributed by atoms with Gasteiger partial charge in [-0.3, -0.25) is 0 Å². The zero-order valence-corrected chi connectivity index (χ0v) is 12.7. The molecule has 0 unspecified atom stereocenters. The van der Waals surface area contributed by atoms with E-state index in [1.165, 1.54) is 0 Å². The SMILES string of the molecule is CCOC(=O)c1ccc(N2N=N[C@H]3[C@H]4C[C@H]([C@@H]5N=N[C@H]45)[C@H]32)cc1. The van der Waals surface area contributed by atoms with Gasteiger partial charge >= 0.3 is 5.97 Å². The van der Waals surface area contributed by atoms with Crippen LogP contribution >= 0.6 is 0 Å². The smallest absolute Gasteiger partial charge is 0.338 e. The van der Waals surface area contributed by atoms with E-state index in [2.05, 4.69) is 20.6 Å². The van der Waals surface area contributed by atoms with E-state index in [0.717, 1.165) is 12.1 Å². The monoisotopic (exact) mass is 311 g/mol. The van der Waals surface area contributed by atoms with Crippen LogP contribution in [0.2, 0.25) is 0 Å². The zero-order valence-electron chi connectivity index (χ0n) is 12.7. The van der Waals surface area contributed by atoms with Crippen molar-refractivity contribution in [2.75, 3.05) is 11.6 Å². The van der Waals surface area contributed by atoms with Crippen LogP contribution in [0.1, 0.15) is 23.7 Å². The van der Waals surface area contributed by atoms with Crippen molar-refractivity contribution in [3.05, 3.63) is 29.8 Å². The fourth-order valence-corrected chi connectivity index (χ4v) is 4.52. The normalized spacial score (nSPS) is 38.4. The molecule has 2 aliphatic heterocycles. The van der Waals surface area contributed by atoms with Crippen molar-refractivity contribution in [2.24, 2.45) is 32.4 Å². The first kappa shape index (κ1) is 13.2. The molecule has 0 aromatic heterocycles. The van der Waals surface area contributed by atoms with Gasteiger partial charge in [-0.2, -0.15) is 15.3 Å². The minimum Gasteiger partial charge on any atom is -0.462 e. The van der Waals surface area contributed by atoms with Gasteiger partial charge in [-0.15, -0.1) is 0 Å². The van der Waals surface area contributed by atoms with Gasteiger partial charge in [-0.05, 0) is 37.6 Å². The van der Waals surface area contributed by atoms with E-state index < -0.39 is 0 Å². The molecular weight excluding hydrogens is 294 g/mol. The maximum Gasteiger partial charge on any atom is 0.338 e. The van der Waals surface area contributed by atoms with Crippen molar-refractivity contribution in [1.29, 1.82) is 0 Å². The van der Waals surface area contributed by atoms with E-state index in [1.807, 2.05) is 17.1 Å². The second kappa shape index (κ2) is 4.59. The number of nitrogens with zero attached hydrogens (tertiary/aromatic N) is 5. The van der Waals surface area contributed by atoms with Crippen LogP contribution in [0.25, 0.3) is 0 Å². The highest BCUT2D eigenvalue weighted by Crippen LogP contribution is 2.56. The Morgan fingerprint density at radius 3 is 2.57 bits per heavy atom. The van der Waals surface area contributed by atoms with Crippen LogP contribution in [0.15, 0.2) is 44.8 Å². The van der Waals surface area contributed by atoms with Crippen LogP contribution < -0.4 is 5.01 Å². The number of fused-ring (bicyclic) bond motifs is 8. The molecule has 2 aliphatic carbocycles. The molecule has 4 aliphatic rings. The van der Waals surface area contributed by atoms with Crippen molar-refractivity contribution >= 4 is 11.7 Å². The van der Waals surface area contributed by atoms with E-state index in [4.69, 9.17) is 4.74 Å². The summed E-state index contributed by atoms with van der Waals surface area (Å²) in [7, 11) is 0. The lowest BCUT2D eigenvalue weighted by Crippen LogP contribution is -2.52. The molecule has 2 fully saturated rings. The molecule has 1 aromatic carbocycles. The van der Waals surface area contributed by atoms with Gasteiger partial charge in [0.1, 0.15) is 18.1 Å². The molecule has 0 saturated heterocycles. The zero-order chi connectivity index (χ0) is 15.6. The number of benzene rings is 1. The molecule has 0 radical (unpaired) electrons. The molecule has 0 N–H and O–H groups in total. The number of esters is 1. The van der Waals surface area contributed by atoms with Gasteiger partial charge in [0.05, 0.1) is 23.9 Å². The maximum absolute atomic E-state index is 11.8. The number of azo groups is 1. The summed E-state index contributed by atoms with van der Waals surface area (Å²) in [4.78, 5) is 11.8. The van der Waals surface area contributed by atoms with Crippen molar-refractivity contribution in [2.45, 2.75) is 37.5 Å². The van der Waals surface area contributed by atoms with Crippen LogP contribution in [0.5, 0.6) is 0 Å². The van der Waals surface area contributed by atoms with E-state index in [0.29, 0.717) is 36.1 Å². The maximum atomic E-state index is 11.8. The largest absolute Gasteiger partial charge is 0.462 e. The van der Waals surface area contributed by atoms with Crippen molar-refractivity contribution in [1.82, 2.24) is 0 Å². The highest BCUT2D eigenvalue weighted by Gasteiger charge is 2.65. The predicted octanol–water partition coefficient (Wildman–Crippen LogP) is 2.64. The van der Waals surface area contributed by atoms with Gasteiger partial charge in [0.25, 0.3) is 0 Å². The molecule has 7 heteroatoms. The Labute approximate surface area is 133 Å². The fraction of sp³-hybridized carbons (Fsp3) is 0.562. The number of carbonyl (C=O) groups excluding carboxylic acids is 1. The van der Waals surface area contributed by atoms with Gasteiger partial charge in [0.15, 0.2) is 0 Å². The average Bonchev–Trinajstić information content (AvgIpc) is 3.16. The first-order chi connectivity index (χ1) is 11.3. The summed E-state index contributed by atoms with van der Waals surface area (Å²) in [6.45, 7) is 2.18. The number of carbonyl (C=O) groups is 1. The lowest BCUT2D eigenvalue weighted by atomic mass is 9.82. The molecule has 0 amide bonds. The summed E-state index contributed by atoms with van der Waals surface area (Å²) < 4.78 is 5.02. The Morgan fingerprint density at radius 1 is 1.13 bits per heavy atom. The third kappa shape index (κ3) is 1.67.